The van der Waals surface area contributed by atoms with Crippen LogP contribution in [0.1, 0.15) is 69.6 Å². The Morgan fingerprint density at radius 3 is 1.77 bits per heavy atom. The zero-order valence-corrected chi connectivity index (χ0v) is 43.8. The van der Waals surface area contributed by atoms with E-state index in [-0.39, 0.29) is 56.9 Å². The Morgan fingerprint density at radius 2 is 1.12 bits per heavy atom. The van der Waals surface area contributed by atoms with Crippen molar-refractivity contribution >= 4 is 74.9 Å². The molecule has 0 aliphatic heterocycles. The number of hydrogen-bond acceptors (Lipinski definition) is 11. The van der Waals surface area contributed by atoms with Crippen molar-refractivity contribution < 1.29 is 38.4 Å². The SMILES string of the molecule is CC(C)[C@H](NC(=O)[C@H](Cc1ccccc1)NC(=O)[C@H](CCCCN)NC(=O)CNC(=O)[C@H](Cc1c[nH]c2ccccc12)NC(=O)[C@H](CCCN=C(N)N)NC(=O)[C@@H](Cc1ccc2ccccc2c1)NC(=O)[C@H](C)N)C(N)=O. The van der Waals surface area contributed by atoms with Crippen molar-refractivity contribution in [2.75, 3.05) is 19.6 Å². The number of primary amides is 1. The van der Waals surface area contributed by atoms with Crippen molar-refractivity contribution in [3.05, 3.63) is 120 Å². The van der Waals surface area contributed by atoms with E-state index in [0.717, 1.165) is 27.2 Å². The summed E-state index contributed by atoms with van der Waals surface area (Å²) in [6.45, 7) is 4.67. The van der Waals surface area contributed by atoms with Crippen LogP contribution in [0, 0.1) is 5.92 Å². The highest BCUT2D eigenvalue weighted by Crippen LogP contribution is 2.20. The van der Waals surface area contributed by atoms with Gasteiger partial charge in [-0.1, -0.05) is 105 Å². The first-order chi connectivity index (χ1) is 36.8. The lowest BCUT2D eigenvalue weighted by Gasteiger charge is -2.26. The number of amides is 8. The number of benzene rings is 4. The van der Waals surface area contributed by atoms with E-state index in [4.69, 9.17) is 28.7 Å². The number of nitrogens with one attached hydrogen (secondary N) is 8. The maximum absolute atomic E-state index is 14.5. The van der Waals surface area contributed by atoms with Crippen molar-refractivity contribution in [1.82, 2.24) is 42.2 Å². The van der Waals surface area contributed by atoms with Gasteiger partial charge in [0.05, 0.1) is 12.6 Å². The highest BCUT2D eigenvalue weighted by molar-refractivity contribution is 5.98. The van der Waals surface area contributed by atoms with Gasteiger partial charge >= 0.3 is 0 Å². The molecule has 0 saturated heterocycles. The van der Waals surface area contributed by atoms with Crippen LogP contribution in [-0.2, 0) is 57.6 Å². The third kappa shape index (κ3) is 18.8. The Morgan fingerprint density at radius 1 is 0.558 bits per heavy atom. The number of carbonyl (C=O) groups is 8. The van der Waals surface area contributed by atoms with Gasteiger partial charge in [-0.3, -0.25) is 43.3 Å². The average molecular weight is 1060 g/mol. The minimum Gasteiger partial charge on any atom is -0.370 e. The standard InChI is InChI=1S/C55H74N14O8/c1-32(2)47(48(58)71)69-54(77)43(27-34-14-5-4-6-15-34)67-51(74)41(20-11-12-24-56)64-46(70)31-63-50(73)45(29-38-30-62-40-19-10-9-18-39(38)40)68-52(75)42(21-13-25-61-55(59)60)65-53(76)44(66-49(72)33(3)57)28-35-22-23-36-16-7-8-17-37(36)26-35/h4-10,14-19,22-23,26,30,32-33,41-45,47,62H,11-13,20-21,24-25,27-29,31,56-57H2,1-3H3,(H2,58,71)(H,63,73)(H,64,70)(H,65,76)(H,66,72)(H,67,74)(H,68,75)(H,69,77)(H4,59,60,61)/t33-,41-,42-,43-,44+,45-,47-/m0/s1. The number of H-pyrrole nitrogens is 1. The van der Waals surface area contributed by atoms with Crippen LogP contribution < -0.4 is 65.9 Å². The quantitative estimate of drug-likeness (QED) is 0.0165. The highest BCUT2D eigenvalue weighted by atomic mass is 16.2. The van der Waals surface area contributed by atoms with Gasteiger partial charge in [0.15, 0.2) is 5.96 Å². The maximum atomic E-state index is 14.5. The third-order valence-corrected chi connectivity index (χ3v) is 12.8. The molecule has 8 amide bonds. The first-order valence-electron chi connectivity index (χ1n) is 25.8. The molecular formula is C55H74N14O8. The number of aromatic amines is 1. The molecule has 0 saturated carbocycles. The first kappa shape index (κ1) is 59.5. The van der Waals surface area contributed by atoms with Gasteiger partial charge in [0.25, 0.3) is 0 Å². The number of hydrogen-bond donors (Lipinski definition) is 13. The largest absolute Gasteiger partial charge is 0.370 e. The third-order valence-electron chi connectivity index (χ3n) is 12.8. The van der Waals surface area contributed by atoms with Crippen LogP contribution in [0.5, 0.6) is 0 Å². The van der Waals surface area contributed by atoms with E-state index in [2.05, 4.69) is 47.2 Å². The predicted octanol–water partition coefficient (Wildman–Crippen LogP) is 0.0451. The van der Waals surface area contributed by atoms with Gasteiger partial charge in [0.1, 0.15) is 36.3 Å². The number of nitrogens with zero attached hydrogens (tertiary/aromatic N) is 1. The molecule has 22 nitrogen and oxygen atoms in total. The number of aromatic nitrogens is 1. The zero-order chi connectivity index (χ0) is 56.0. The molecule has 7 atom stereocenters. The minimum atomic E-state index is -1.34. The van der Waals surface area contributed by atoms with Gasteiger partial charge in [0, 0.05) is 42.9 Å². The van der Waals surface area contributed by atoms with Crippen molar-refractivity contribution in [2.45, 2.75) is 114 Å². The molecule has 5 rings (SSSR count). The number of nitrogens with two attached hydrogens (primary N) is 5. The van der Waals surface area contributed by atoms with Gasteiger partial charge in [-0.05, 0) is 85.0 Å². The molecule has 18 N–H and O–H groups in total. The number of carbonyl (C=O) groups excluding carboxylic acids is 8. The summed E-state index contributed by atoms with van der Waals surface area (Å²) in [5.41, 5.74) is 31.3. The van der Waals surface area contributed by atoms with E-state index in [1.165, 1.54) is 6.92 Å². The first-order valence-corrected chi connectivity index (χ1v) is 25.8. The van der Waals surface area contributed by atoms with Crippen molar-refractivity contribution in [3.8, 4) is 0 Å². The number of aliphatic imine (C=N–C) groups is 1. The van der Waals surface area contributed by atoms with Gasteiger partial charge in [0.2, 0.25) is 47.3 Å². The van der Waals surface area contributed by atoms with E-state index in [0.29, 0.717) is 30.5 Å². The average Bonchev–Trinajstić information content (AvgIpc) is 3.81. The lowest BCUT2D eigenvalue weighted by molar-refractivity contribution is -0.134. The molecule has 0 bridgehead atoms. The van der Waals surface area contributed by atoms with Crippen LogP contribution in [0.4, 0.5) is 0 Å². The molecular weight excluding hydrogens is 985 g/mol. The lowest BCUT2D eigenvalue weighted by atomic mass is 10.00. The summed E-state index contributed by atoms with van der Waals surface area (Å²) in [7, 11) is 0. The van der Waals surface area contributed by atoms with Gasteiger partial charge in [-0.2, -0.15) is 0 Å². The Labute approximate surface area is 447 Å². The molecule has 1 heterocycles. The lowest BCUT2D eigenvalue weighted by Crippen LogP contribution is -2.59. The summed E-state index contributed by atoms with van der Waals surface area (Å²) in [4.78, 5) is 117. The van der Waals surface area contributed by atoms with E-state index in [9.17, 15) is 38.4 Å². The number of guanidine groups is 1. The van der Waals surface area contributed by atoms with Crippen molar-refractivity contribution in [3.63, 3.8) is 0 Å². The number of fused-ring (bicyclic) bond motifs is 2. The van der Waals surface area contributed by atoms with Crippen molar-refractivity contribution in [2.24, 2.45) is 39.6 Å². The van der Waals surface area contributed by atoms with Crippen LogP contribution in [0.25, 0.3) is 21.7 Å². The topological polar surface area (TPSA) is 379 Å². The molecule has 4 aromatic carbocycles. The van der Waals surface area contributed by atoms with Crippen LogP contribution in [0.3, 0.4) is 0 Å². The fourth-order valence-electron chi connectivity index (χ4n) is 8.61. The normalized spacial score (nSPS) is 13.9. The smallest absolute Gasteiger partial charge is 0.243 e. The summed E-state index contributed by atoms with van der Waals surface area (Å²) in [5.74, 6) is -6.25. The van der Waals surface area contributed by atoms with Crippen LogP contribution in [0.15, 0.2) is 108 Å². The fraction of sp³-hybridized carbons (Fsp3) is 0.400. The Balaban J connectivity index is 1.37. The second-order valence-corrected chi connectivity index (χ2v) is 19.4. The van der Waals surface area contributed by atoms with Crippen LogP contribution in [0.2, 0.25) is 0 Å². The summed E-state index contributed by atoms with van der Waals surface area (Å²) in [6, 6.07) is 21.4. The molecule has 0 spiro atoms. The molecule has 77 heavy (non-hydrogen) atoms. The van der Waals surface area contributed by atoms with E-state index < -0.39 is 96.1 Å². The van der Waals surface area contributed by atoms with E-state index in [1.807, 2.05) is 66.7 Å². The fourth-order valence-corrected chi connectivity index (χ4v) is 8.61. The highest BCUT2D eigenvalue weighted by Gasteiger charge is 2.33. The Kier molecular flexibility index (Phi) is 22.9. The summed E-state index contributed by atoms with van der Waals surface area (Å²) >= 11 is 0. The summed E-state index contributed by atoms with van der Waals surface area (Å²) in [6.07, 6.45) is 2.95. The predicted molar refractivity (Wildman–Crippen MR) is 295 cm³/mol. The minimum absolute atomic E-state index is 0.00690. The molecule has 0 fully saturated rings. The summed E-state index contributed by atoms with van der Waals surface area (Å²) in [5, 5.41) is 21.6. The monoisotopic (exact) mass is 1060 g/mol. The second-order valence-electron chi connectivity index (χ2n) is 19.4. The van der Waals surface area contributed by atoms with Gasteiger partial charge in [-0.15, -0.1) is 0 Å². The van der Waals surface area contributed by atoms with Crippen LogP contribution >= 0.6 is 0 Å². The van der Waals surface area contributed by atoms with Crippen molar-refractivity contribution in [1.29, 1.82) is 0 Å². The molecule has 0 aliphatic rings. The molecule has 0 aliphatic carbocycles. The maximum Gasteiger partial charge on any atom is 0.243 e. The van der Waals surface area contributed by atoms with E-state index >= 15 is 0 Å². The molecule has 1 aromatic heterocycles. The Bertz CT molecular complexity index is 2850. The second kappa shape index (κ2) is 29.6. The molecule has 5 aromatic rings. The molecule has 412 valence electrons. The molecule has 0 unspecified atom stereocenters. The number of unbranched alkanes of at least 4 members (excludes halogenated alkanes) is 1. The van der Waals surface area contributed by atoms with E-state index in [1.54, 1.807) is 50.4 Å². The van der Waals surface area contributed by atoms with Gasteiger partial charge in [-0.25, -0.2) is 0 Å². The Hall–Kier alpha value is -8.37. The van der Waals surface area contributed by atoms with Gasteiger partial charge < -0.3 is 70.9 Å². The number of rotatable bonds is 30. The van der Waals surface area contributed by atoms with Crippen LogP contribution in [-0.4, -0.2) is 120 Å². The summed E-state index contributed by atoms with van der Waals surface area (Å²) < 4.78 is 0. The number of para-hydroxylation sites is 1. The molecule has 0 radical (unpaired) electrons. The molecule has 22 heteroatoms. The zero-order valence-electron chi connectivity index (χ0n) is 43.8.